The third-order valence-corrected chi connectivity index (χ3v) is 3.93. The summed E-state index contributed by atoms with van der Waals surface area (Å²) in [5.41, 5.74) is 7.47. The van der Waals surface area contributed by atoms with Crippen LogP contribution in [0.5, 0.6) is 0 Å². The summed E-state index contributed by atoms with van der Waals surface area (Å²) < 4.78 is 0. The second-order valence-electron chi connectivity index (χ2n) is 5.66. The van der Waals surface area contributed by atoms with Gasteiger partial charge in [-0.25, -0.2) is 0 Å². The minimum Gasteiger partial charge on any atom is -0.382 e. The number of rotatable bonds is 3. The van der Waals surface area contributed by atoms with E-state index in [9.17, 15) is 4.79 Å². The predicted octanol–water partition coefficient (Wildman–Crippen LogP) is 2.72. The van der Waals surface area contributed by atoms with Crippen LogP contribution in [0, 0.1) is 0 Å². The lowest BCUT2D eigenvalue weighted by atomic mass is 9.91. The number of benzene rings is 1. The number of nitrogens with zero attached hydrogens (tertiary/aromatic N) is 1. The summed E-state index contributed by atoms with van der Waals surface area (Å²) in [6.07, 6.45) is 4.21. The second kappa shape index (κ2) is 6.46. The average Bonchev–Trinajstić information content (AvgIpc) is 2.38. The summed E-state index contributed by atoms with van der Waals surface area (Å²) in [5.74, 6) is -0.0238. The number of anilines is 1. The Balaban J connectivity index is 2.21. The van der Waals surface area contributed by atoms with Gasteiger partial charge in [-0.2, -0.15) is 0 Å². The highest BCUT2D eigenvalue weighted by Gasteiger charge is 2.21. The van der Waals surface area contributed by atoms with Crippen molar-refractivity contribution < 1.29 is 4.79 Å². The van der Waals surface area contributed by atoms with Crippen LogP contribution < -0.4 is 11.1 Å². The van der Waals surface area contributed by atoms with Crippen LogP contribution in [-0.2, 0) is 0 Å². The summed E-state index contributed by atoms with van der Waals surface area (Å²) in [6, 6.07) is 5.89. The molecule has 2 unspecified atom stereocenters. The predicted molar refractivity (Wildman–Crippen MR) is 83.3 cm³/mol. The number of hydrogen-bond acceptors (Lipinski definition) is 3. The Morgan fingerprint density at radius 2 is 2.15 bits per heavy atom. The summed E-state index contributed by atoms with van der Waals surface area (Å²) in [6.45, 7) is 0. The summed E-state index contributed by atoms with van der Waals surface area (Å²) in [5, 5.41) is 4.07. The SMILES string of the molecule is CN(C)C(=O)c1ccc(Cl)cc1NC1CCCC(N)C1. The van der Waals surface area contributed by atoms with Crippen molar-refractivity contribution in [2.45, 2.75) is 37.8 Å². The first-order valence-corrected chi connectivity index (χ1v) is 7.38. The van der Waals surface area contributed by atoms with Crippen molar-refractivity contribution in [2.24, 2.45) is 5.73 Å². The molecule has 0 bridgehead atoms. The molecule has 0 spiro atoms. The number of hydrogen-bond donors (Lipinski definition) is 2. The third-order valence-electron chi connectivity index (χ3n) is 3.69. The van der Waals surface area contributed by atoms with E-state index in [2.05, 4.69) is 5.32 Å². The maximum absolute atomic E-state index is 12.2. The molecule has 1 aliphatic rings. The molecule has 2 rings (SSSR count). The van der Waals surface area contributed by atoms with Crippen LogP contribution in [0.25, 0.3) is 0 Å². The maximum Gasteiger partial charge on any atom is 0.255 e. The molecule has 20 heavy (non-hydrogen) atoms. The van der Waals surface area contributed by atoms with Gasteiger partial charge < -0.3 is 16.0 Å². The van der Waals surface area contributed by atoms with Crippen LogP contribution >= 0.6 is 11.6 Å². The van der Waals surface area contributed by atoms with E-state index in [1.807, 2.05) is 6.07 Å². The molecule has 3 N–H and O–H groups in total. The largest absolute Gasteiger partial charge is 0.382 e. The first kappa shape index (κ1) is 15.1. The van der Waals surface area contributed by atoms with Crippen LogP contribution in [0.1, 0.15) is 36.0 Å². The molecule has 2 atom stereocenters. The lowest BCUT2D eigenvalue weighted by Gasteiger charge is -2.29. The van der Waals surface area contributed by atoms with Gasteiger partial charge in [-0.15, -0.1) is 0 Å². The van der Waals surface area contributed by atoms with Gasteiger partial charge in [0.2, 0.25) is 0 Å². The van der Waals surface area contributed by atoms with Gasteiger partial charge in [0.15, 0.2) is 0 Å². The number of nitrogens with one attached hydrogen (secondary N) is 1. The van der Waals surface area contributed by atoms with Crippen LogP contribution in [-0.4, -0.2) is 37.0 Å². The van der Waals surface area contributed by atoms with E-state index in [0.717, 1.165) is 31.4 Å². The molecule has 1 amide bonds. The van der Waals surface area contributed by atoms with Crippen molar-refractivity contribution in [3.63, 3.8) is 0 Å². The van der Waals surface area contributed by atoms with Crippen LogP contribution in [0.4, 0.5) is 5.69 Å². The minimum absolute atomic E-state index is 0.0238. The van der Waals surface area contributed by atoms with Gasteiger partial charge in [0.1, 0.15) is 0 Å². The zero-order valence-electron chi connectivity index (χ0n) is 12.0. The fourth-order valence-corrected chi connectivity index (χ4v) is 2.81. The fraction of sp³-hybridized carbons (Fsp3) is 0.533. The lowest BCUT2D eigenvalue weighted by Crippen LogP contribution is -2.35. The highest BCUT2D eigenvalue weighted by molar-refractivity contribution is 6.31. The molecule has 1 saturated carbocycles. The molecular formula is C15H22ClN3O. The number of carbonyl (C=O) groups excluding carboxylic acids is 1. The molecule has 1 aromatic rings. The molecule has 1 aliphatic carbocycles. The van der Waals surface area contributed by atoms with E-state index in [1.54, 1.807) is 31.1 Å². The van der Waals surface area contributed by atoms with Crippen LogP contribution in [0.3, 0.4) is 0 Å². The van der Waals surface area contributed by atoms with Gasteiger partial charge in [-0.1, -0.05) is 11.6 Å². The summed E-state index contributed by atoms with van der Waals surface area (Å²) >= 11 is 6.06. The maximum atomic E-state index is 12.2. The monoisotopic (exact) mass is 295 g/mol. The lowest BCUT2D eigenvalue weighted by molar-refractivity contribution is 0.0828. The molecule has 4 nitrogen and oxygen atoms in total. The molecule has 0 radical (unpaired) electrons. The Kier molecular flexibility index (Phi) is 4.89. The van der Waals surface area contributed by atoms with Crippen molar-refractivity contribution in [1.82, 2.24) is 4.90 Å². The number of amides is 1. The van der Waals surface area contributed by atoms with Crippen molar-refractivity contribution in [2.75, 3.05) is 19.4 Å². The standard InChI is InChI=1S/C15H22ClN3O/c1-19(2)15(20)13-7-6-10(16)8-14(13)18-12-5-3-4-11(17)9-12/h6-8,11-12,18H,3-5,9,17H2,1-2H3. The average molecular weight is 296 g/mol. The van der Waals surface area contributed by atoms with E-state index in [1.165, 1.54) is 0 Å². The molecule has 0 aromatic heterocycles. The van der Waals surface area contributed by atoms with Crippen LogP contribution in [0.2, 0.25) is 5.02 Å². The smallest absolute Gasteiger partial charge is 0.255 e. The molecule has 0 saturated heterocycles. The second-order valence-corrected chi connectivity index (χ2v) is 6.09. The molecule has 1 fully saturated rings. The first-order chi connectivity index (χ1) is 9.47. The number of carbonyl (C=O) groups is 1. The van der Waals surface area contributed by atoms with E-state index >= 15 is 0 Å². The van der Waals surface area contributed by atoms with E-state index in [4.69, 9.17) is 17.3 Å². The third kappa shape index (κ3) is 3.64. The highest BCUT2D eigenvalue weighted by atomic mass is 35.5. The Hall–Kier alpha value is -1.26. The van der Waals surface area contributed by atoms with E-state index in [0.29, 0.717) is 16.6 Å². The quantitative estimate of drug-likeness (QED) is 0.901. The molecule has 5 heteroatoms. The topological polar surface area (TPSA) is 58.4 Å². The van der Waals surface area contributed by atoms with Gasteiger partial charge in [0.05, 0.1) is 5.56 Å². The van der Waals surface area contributed by atoms with E-state index < -0.39 is 0 Å². The van der Waals surface area contributed by atoms with Gasteiger partial charge >= 0.3 is 0 Å². The Labute approximate surface area is 125 Å². The summed E-state index contributed by atoms with van der Waals surface area (Å²) in [4.78, 5) is 13.8. The van der Waals surface area contributed by atoms with Crippen molar-refractivity contribution in [3.8, 4) is 0 Å². The summed E-state index contributed by atoms with van der Waals surface area (Å²) in [7, 11) is 3.49. The van der Waals surface area contributed by atoms with Gasteiger partial charge in [0, 0.05) is 36.9 Å². The fourth-order valence-electron chi connectivity index (χ4n) is 2.64. The van der Waals surface area contributed by atoms with Crippen LogP contribution in [0.15, 0.2) is 18.2 Å². The van der Waals surface area contributed by atoms with Gasteiger partial charge in [-0.3, -0.25) is 4.79 Å². The normalized spacial score (nSPS) is 22.4. The Bertz CT molecular complexity index is 490. The number of halogens is 1. The molecule has 0 heterocycles. The zero-order chi connectivity index (χ0) is 14.7. The highest BCUT2D eigenvalue weighted by Crippen LogP contribution is 2.26. The molecule has 0 aliphatic heterocycles. The Morgan fingerprint density at radius 3 is 2.80 bits per heavy atom. The van der Waals surface area contributed by atoms with Crippen molar-refractivity contribution in [1.29, 1.82) is 0 Å². The first-order valence-electron chi connectivity index (χ1n) is 7.00. The van der Waals surface area contributed by atoms with E-state index in [-0.39, 0.29) is 11.9 Å². The van der Waals surface area contributed by atoms with Crippen molar-refractivity contribution >= 4 is 23.2 Å². The Morgan fingerprint density at radius 1 is 1.40 bits per heavy atom. The van der Waals surface area contributed by atoms with Crippen molar-refractivity contribution in [3.05, 3.63) is 28.8 Å². The number of nitrogens with two attached hydrogens (primary N) is 1. The molecule has 1 aromatic carbocycles. The molecular weight excluding hydrogens is 274 g/mol. The van der Waals surface area contributed by atoms with Gasteiger partial charge in [0.25, 0.3) is 5.91 Å². The molecule has 110 valence electrons. The zero-order valence-corrected chi connectivity index (χ0v) is 12.8. The minimum atomic E-state index is -0.0238. The van der Waals surface area contributed by atoms with Gasteiger partial charge in [-0.05, 0) is 43.9 Å².